The van der Waals surface area contributed by atoms with Gasteiger partial charge in [0, 0.05) is 25.0 Å². The van der Waals surface area contributed by atoms with Crippen molar-refractivity contribution in [2.24, 2.45) is 5.92 Å². The summed E-state index contributed by atoms with van der Waals surface area (Å²) in [6.07, 6.45) is 2.71. The minimum absolute atomic E-state index is 0.0608. The highest BCUT2D eigenvalue weighted by molar-refractivity contribution is 5.80. The number of rotatable bonds is 4. The van der Waals surface area contributed by atoms with E-state index in [2.05, 4.69) is 20.8 Å². The van der Waals surface area contributed by atoms with Gasteiger partial charge in [0.25, 0.3) is 0 Å². The topological polar surface area (TPSA) is 139 Å². The number of nitrogens with two attached hydrogens (primary N) is 1. The molecule has 2 aliphatic rings. The number of tetrazole rings is 1. The molecule has 1 aliphatic carbocycles. The van der Waals surface area contributed by atoms with Crippen LogP contribution < -0.4 is 11.1 Å². The maximum atomic E-state index is 12.3. The Morgan fingerprint density at radius 3 is 2.74 bits per heavy atom. The molecule has 0 bridgehead atoms. The van der Waals surface area contributed by atoms with Gasteiger partial charge in [-0.3, -0.25) is 9.59 Å². The highest BCUT2D eigenvalue weighted by atomic mass is 16.3. The van der Waals surface area contributed by atoms with Crippen molar-refractivity contribution in [3.8, 4) is 0 Å². The molecule has 2 atom stereocenters. The van der Waals surface area contributed by atoms with E-state index in [4.69, 9.17) is 5.73 Å². The average molecular weight is 323 g/mol. The molecule has 1 aromatic heterocycles. The van der Waals surface area contributed by atoms with Gasteiger partial charge >= 0.3 is 0 Å². The number of aromatic nitrogens is 4. The van der Waals surface area contributed by atoms with Crippen LogP contribution in [0.1, 0.15) is 25.7 Å². The molecule has 1 aliphatic heterocycles. The van der Waals surface area contributed by atoms with E-state index in [1.807, 2.05) is 0 Å². The van der Waals surface area contributed by atoms with Crippen LogP contribution in [0.2, 0.25) is 0 Å². The molecule has 0 spiro atoms. The summed E-state index contributed by atoms with van der Waals surface area (Å²) >= 11 is 0. The number of aliphatic hydroxyl groups is 1. The number of nitrogens with zero attached hydrogens (tertiary/aromatic N) is 5. The van der Waals surface area contributed by atoms with Crippen molar-refractivity contribution < 1.29 is 14.7 Å². The molecule has 2 heterocycles. The molecule has 0 aromatic carbocycles. The quantitative estimate of drug-likeness (QED) is 0.590. The highest BCUT2D eigenvalue weighted by Gasteiger charge is 2.35. The SMILES string of the molecule is Nc1nnnn1CC(=O)N[C@H]1C[C@@H](O)CN(C(=O)C2CCC2)C1. The lowest BCUT2D eigenvalue weighted by atomic mass is 9.83. The number of carbonyl (C=O) groups excluding carboxylic acids is 2. The number of hydrogen-bond donors (Lipinski definition) is 3. The van der Waals surface area contributed by atoms with E-state index in [9.17, 15) is 14.7 Å². The van der Waals surface area contributed by atoms with Crippen LogP contribution in [-0.4, -0.2) is 67.3 Å². The van der Waals surface area contributed by atoms with E-state index in [0.717, 1.165) is 19.3 Å². The second-order valence-electron chi connectivity index (χ2n) is 6.22. The first-order valence-corrected chi connectivity index (χ1v) is 7.81. The van der Waals surface area contributed by atoms with Gasteiger partial charge in [-0.1, -0.05) is 11.5 Å². The Hall–Kier alpha value is -2.23. The standard InChI is InChI=1S/C13H21N7O3/c14-13-16-17-18-20(13)7-11(22)15-9-4-10(21)6-19(5-9)12(23)8-2-1-3-8/h8-10,21H,1-7H2,(H,15,22)(H2,14,16,18)/t9-,10+/m0/s1. The van der Waals surface area contributed by atoms with Crippen molar-refractivity contribution in [1.29, 1.82) is 0 Å². The van der Waals surface area contributed by atoms with Crippen LogP contribution in [-0.2, 0) is 16.1 Å². The van der Waals surface area contributed by atoms with Gasteiger partial charge in [0.15, 0.2) is 0 Å². The van der Waals surface area contributed by atoms with E-state index in [1.54, 1.807) is 4.90 Å². The number of carbonyl (C=O) groups is 2. The Bertz CT molecular complexity index is 586. The summed E-state index contributed by atoms with van der Waals surface area (Å²) in [7, 11) is 0. The van der Waals surface area contributed by atoms with E-state index in [0.29, 0.717) is 19.5 Å². The molecule has 4 N–H and O–H groups in total. The number of likely N-dealkylation sites (tertiary alicyclic amines) is 1. The predicted octanol–water partition coefficient (Wildman–Crippen LogP) is -1.87. The van der Waals surface area contributed by atoms with Crippen molar-refractivity contribution in [2.45, 2.75) is 44.4 Å². The molecule has 0 unspecified atom stereocenters. The Balaban J connectivity index is 1.55. The van der Waals surface area contributed by atoms with Crippen LogP contribution in [0.4, 0.5) is 5.95 Å². The number of β-amino-alcohol motifs (C(OH)–C–C–N with tert-alkyl or cyclic N) is 1. The smallest absolute Gasteiger partial charge is 0.242 e. The zero-order chi connectivity index (χ0) is 16.4. The molecule has 1 saturated heterocycles. The minimum Gasteiger partial charge on any atom is -0.391 e. The normalized spacial score (nSPS) is 25.0. The van der Waals surface area contributed by atoms with Crippen LogP contribution in [0.25, 0.3) is 0 Å². The van der Waals surface area contributed by atoms with Gasteiger partial charge < -0.3 is 21.1 Å². The van der Waals surface area contributed by atoms with E-state index in [1.165, 1.54) is 4.68 Å². The third kappa shape index (κ3) is 3.58. The monoisotopic (exact) mass is 323 g/mol. The maximum absolute atomic E-state index is 12.3. The molecule has 2 fully saturated rings. The van der Waals surface area contributed by atoms with Crippen LogP contribution in [0, 0.1) is 5.92 Å². The van der Waals surface area contributed by atoms with Crippen LogP contribution in [0.5, 0.6) is 0 Å². The Morgan fingerprint density at radius 1 is 1.35 bits per heavy atom. The van der Waals surface area contributed by atoms with Crippen LogP contribution >= 0.6 is 0 Å². The molecular weight excluding hydrogens is 302 g/mol. The number of amides is 2. The summed E-state index contributed by atoms with van der Waals surface area (Å²) in [5.74, 6) is -0.0820. The Morgan fingerprint density at radius 2 is 2.13 bits per heavy atom. The lowest BCUT2D eigenvalue weighted by Gasteiger charge is -2.39. The van der Waals surface area contributed by atoms with Gasteiger partial charge in [0.05, 0.1) is 6.10 Å². The van der Waals surface area contributed by atoms with Gasteiger partial charge in [-0.25, -0.2) is 4.68 Å². The van der Waals surface area contributed by atoms with Gasteiger partial charge in [-0.15, -0.1) is 0 Å². The maximum Gasteiger partial charge on any atom is 0.242 e. The number of nitrogens with one attached hydrogen (secondary N) is 1. The van der Waals surface area contributed by atoms with Crippen molar-refractivity contribution in [1.82, 2.24) is 30.4 Å². The van der Waals surface area contributed by atoms with E-state index in [-0.39, 0.29) is 36.3 Å². The number of hydrogen-bond acceptors (Lipinski definition) is 7. The summed E-state index contributed by atoms with van der Waals surface area (Å²) in [6.45, 7) is 0.660. The first kappa shape index (κ1) is 15.7. The average Bonchev–Trinajstić information content (AvgIpc) is 2.81. The highest BCUT2D eigenvalue weighted by Crippen LogP contribution is 2.29. The number of aliphatic hydroxyl groups excluding tert-OH is 1. The second-order valence-corrected chi connectivity index (χ2v) is 6.22. The van der Waals surface area contributed by atoms with Gasteiger partial charge in [0.2, 0.25) is 17.8 Å². The third-order valence-electron chi connectivity index (χ3n) is 4.41. The zero-order valence-electron chi connectivity index (χ0n) is 12.8. The number of anilines is 1. The lowest BCUT2D eigenvalue weighted by molar-refractivity contribution is -0.142. The lowest BCUT2D eigenvalue weighted by Crippen LogP contribution is -2.56. The largest absolute Gasteiger partial charge is 0.391 e. The van der Waals surface area contributed by atoms with E-state index >= 15 is 0 Å². The Kier molecular flexibility index (Phi) is 4.42. The van der Waals surface area contributed by atoms with Crippen molar-refractivity contribution in [3.63, 3.8) is 0 Å². The van der Waals surface area contributed by atoms with Gasteiger partial charge in [-0.2, -0.15) is 0 Å². The first-order chi connectivity index (χ1) is 11.0. The molecule has 1 saturated carbocycles. The minimum atomic E-state index is -0.629. The predicted molar refractivity (Wildman–Crippen MR) is 78.7 cm³/mol. The summed E-state index contributed by atoms with van der Waals surface area (Å²) in [4.78, 5) is 26.0. The molecule has 3 rings (SSSR count). The zero-order valence-corrected chi connectivity index (χ0v) is 12.8. The van der Waals surface area contributed by atoms with Gasteiger partial charge in [0.1, 0.15) is 6.54 Å². The van der Waals surface area contributed by atoms with Crippen molar-refractivity contribution in [2.75, 3.05) is 18.8 Å². The van der Waals surface area contributed by atoms with Crippen molar-refractivity contribution in [3.05, 3.63) is 0 Å². The molecule has 0 radical (unpaired) electrons. The molecule has 1 aromatic rings. The Labute approximate surface area is 133 Å². The van der Waals surface area contributed by atoms with Crippen LogP contribution in [0.3, 0.4) is 0 Å². The number of piperidine rings is 1. The van der Waals surface area contributed by atoms with Crippen molar-refractivity contribution >= 4 is 17.8 Å². The second kappa shape index (κ2) is 6.49. The summed E-state index contributed by atoms with van der Waals surface area (Å²) < 4.78 is 1.19. The van der Waals surface area contributed by atoms with Crippen LogP contribution in [0.15, 0.2) is 0 Å². The van der Waals surface area contributed by atoms with E-state index < -0.39 is 6.10 Å². The fraction of sp³-hybridized carbons (Fsp3) is 0.769. The fourth-order valence-corrected chi connectivity index (χ4v) is 3.00. The molecule has 23 heavy (non-hydrogen) atoms. The van der Waals surface area contributed by atoms with Gasteiger partial charge in [-0.05, 0) is 29.7 Å². The number of nitrogen functional groups attached to an aromatic ring is 1. The molecule has 10 heteroatoms. The fourth-order valence-electron chi connectivity index (χ4n) is 3.00. The first-order valence-electron chi connectivity index (χ1n) is 7.81. The summed E-state index contributed by atoms with van der Waals surface area (Å²) in [5, 5.41) is 23.3. The summed E-state index contributed by atoms with van der Waals surface area (Å²) in [5.41, 5.74) is 5.51. The summed E-state index contributed by atoms with van der Waals surface area (Å²) in [6, 6.07) is -0.284. The molecular formula is C13H21N7O3. The molecule has 2 amide bonds. The molecule has 10 nitrogen and oxygen atoms in total. The molecule has 126 valence electrons. The third-order valence-corrected chi connectivity index (χ3v) is 4.41.